The molecule has 16 heavy (non-hydrogen) atoms. The van der Waals surface area contributed by atoms with Crippen LogP contribution in [0.4, 0.5) is 0 Å². The molecule has 3 nitrogen and oxygen atoms in total. The van der Waals surface area contributed by atoms with Crippen molar-refractivity contribution in [3.05, 3.63) is 35.9 Å². The Balaban J connectivity index is 2.79. The molecule has 0 radical (unpaired) electrons. The molecule has 1 rings (SSSR count). The molecule has 1 aromatic carbocycles. The van der Waals surface area contributed by atoms with E-state index in [0.29, 0.717) is 6.61 Å². The van der Waals surface area contributed by atoms with Gasteiger partial charge in [-0.1, -0.05) is 30.3 Å². The standard InChI is InChI=1S/C13H18O3/c1-4-15-12(13(14)16-10(2)3)11-8-6-5-7-9-11/h5-10,12H,4H2,1-3H3. The van der Waals surface area contributed by atoms with Gasteiger partial charge in [0.2, 0.25) is 0 Å². The van der Waals surface area contributed by atoms with Crippen molar-refractivity contribution < 1.29 is 14.3 Å². The summed E-state index contributed by atoms with van der Waals surface area (Å²) in [5.74, 6) is -0.331. The normalized spacial score (nSPS) is 12.5. The highest BCUT2D eigenvalue weighted by Gasteiger charge is 2.22. The number of carbonyl (C=O) groups is 1. The van der Waals surface area contributed by atoms with Crippen LogP contribution in [-0.4, -0.2) is 18.7 Å². The van der Waals surface area contributed by atoms with Gasteiger partial charge in [0.25, 0.3) is 0 Å². The molecule has 0 aliphatic rings. The molecule has 0 fully saturated rings. The fourth-order valence-electron chi connectivity index (χ4n) is 1.39. The molecule has 1 unspecified atom stereocenters. The van der Waals surface area contributed by atoms with Crippen molar-refractivity contribution in [2.75, 3.05) is 6.61 Å². The van der Waals surface area contributed by atoms with Crippen LogP contribution in [0, 0.1) is 0 Å². The van der Waals surface area contributed by atoms with Crippen molar-refractivity contribution in [3.8, 4) is 0 Å². The van der Waals surface area contributed by atoms with E-state index < -0.39 is 6.10 Å². The average molecular weight is 222 g/mol. The lowest BCUT2D eigenvalue weighted by atomic mass is 10.1. The van der Waals surface area contributed by atoms with Crippen molar-refractivity contribution in [2.45, 2.75) is 33.0 Å². The first-order valence-electron chi connectivity index (χ1n) is 5.52. The number of benzene rings is 1. The minimum Gasteiger partial charge on any atom is -0.461 e. The molecule has 0 bridgehead atoms. The third-order valence-corrected chi connectivity index (χ3v) is 2.00. The Bertz CT molecular complexity index is 319. The predicted octanol–water partition coefficient (Wildman–Crippen LogP) is 2.72. The second-order valence-electron chi connectivity index (χ2n) is 3.73. The molecule has 0 aliphatic heterocycles. The zero-order valence-electron chi connectivity index (χ0n) is 9.97. The lowest BCUT2D eigenvalue weighted by Crippen LogP contribution is -2.22. The number of carbonyl (C=O) groups excluding carboxylic acids is 1. The van der Waals surface area contributed by atoms with Crippen LogP contribution in [0.1, 0.15) is 32.4 Å². The Morgan fingerprint density at radius 2 is 1.88 bits per heavy atom. The van der Waals surface area contributed by atoms with E-state index in [1.807, 2.05) is 51.1 Å². The maximum Gasteiger partial charge on any atom is 0.340 e. The predicted molar refractivity (Wildman–Crippen MR) is 62.0 cm³/mol. The van der Waals surface area contributed by atoms with E-state index >= 15 is 0 Å². The summed E-state index contributed by atoms with van der Waals surface area (Å²) in [6.45, 7) is 5.99. The minimum atomic E-state index is -0.617. The lowest BCUT2D eigenvalue weighted by Gasteiger charge is -2.17. The zero-order valence-corrected chi connectivity index (χ0v) is 9.97. The number of hydrogen-bond acceptors (Lipinski definition) is 3. The molecule has 3 heteroatoms. The maximum atomic E-state index is 11.8. The van der Waals surface area contributed by atoms with E-state index in [1.54, 1.807) is 0 Å². The number of esters is 1. The van der Waals surface area contributed by atoms with Crippen molar-refractivity contribution in [2.24, 2.45) is 0 Å². The Morgan fingerprint density at radius 1 is 1.25 bits per heavy atom. The van der Waals surface area contributed by atoms with Gasteiger partial charge in [-0.05, 0) is 26.3 Å². The molecule has 0 saturated carbocycles. The topological polar surface area (TPSA) is 35.5 Å². The van der Waals surface area contributed by atoms with Crippen molar-refractivity contribution >= 4 is 5.97 Å². The van der Waals surface area contributed by atoms with Crippen molar-refractivity contribution in [1.82, 2.24) is 0 Å². The molecule has 1 atom stereocenters. The van der Waals surface area contributed by atoms with Crippen LogP contribution in [0.25, 0.3) is 0 Å². The van der Waals surface area contributed by atoms with Crippen molar-refractivity contribution in [3.63, 3.8) is 0 Å². The molecule has 1 aromatic rings. The van der Waals surface area contributed by atoms with Gasteiger partial charge in [0.15, 0.2) is 6.10 Å². The molecule has 0 heterocycles. The van der Waals surface area contributed by atoms with Crippen LogP contribution < -0.4 is 0 Å². The number of rotatable bonds is 5. The quantitative estimate of drug-likeness (QED) is 0.718. The highest BCUT2D eigenvalue weighted by Crippen LogP contribution is 2.19. The largest absolute Gasteiger partial charge is 0.461 e. The zero-order chi connectivity index (χ0) is 12.0. The number of hydrogen-bond donors (Lipinski definition) is 0. The van der Waals surface area contributed by atoms with Gasteiger partial charge in [0.05, 0.1) is 6.10 Å². The van der Waals surface area contributed by atoms with Crippen LogP contribution >= 0.6 is 0 Å². The minimum absolute atomic E-state index is 0.126. The maximum absolute atomic E-state index is 11.8. The van der Waals surface area contributed by atoms with Gasteiger partial charge in [0.1, 0.15) is 0 Å². The highest BCUT2D eigenvalue weighted by atomic mass is 16.6. The summed E-state index contributed by atoms with van der Waals surface area (Å²) in [4.78, 5) is 11.8. The summed E-state index contributed by atoms with van der Waals surface area (Å²) in [7, 11) is 0. The Labute approximate surface area is 96.4 Å². The summed E-state index contributed by atoms with van der Waals surface area (Å²) < 4.78 is 10.6. The summed E-state index contributed by atoms with van der Waals surface area (Å²) >= 11 is 0. The van der Waals surface area contributed by atoms with Crippen LogP contribution in [0.2, 0.25) is 0 Å². The second-order valence-corrected chi connectivity index (χ2v) is 3.73. The summed E-state index contributed by atoms with van der Waals surface area (Å²) in [6, 6.07) is 9.39. The molecule has 0 aliphatic carbocycles. The first kappa shape index (κ1) is 12.7. The molecule has 0 saturated heterocycles. The molecule has 88 valence electrons. The van der Waals surface area contributed by atoms with E-state index in [-0.39, 0.29) is 12.1 Å². The third-order valence-electron chi connectivity index (χ3n) is 2.00. The number of ether oxygens (including phenoxy) is 2. The van der Waals surface area contributed by atoms with Gasteiger partial charge in [0, 0.05) is 6.61 Å². The van der Waals surface area contributed by atoms with Gasteiger partial charge in [-0.3, -0.25) is 0 Å². The van der Waals surface area contributed by atoms with Gasteiger partial charge >= 0.3 is 5.97 Å². The third kappa shape index (κ3) is 3.66. The van der Waals surface area contributed by atoms with Crippen LogP contribution in [0.5, 0.6) is 0 Å². The Kier molecular flexibility index (Phi) is 4.99. The van der Waals surface area contributed by atoms with Gasteiger partial charge in [-0.2, -0.15) is 0 Å². The molecule has 0 amide bonds. The second kappa shape index (κ2) is 6.28. The van der Waals surface area contributed by atoms with E-state index in [4.69, 9.17) is 9.47 Å². The molecular formula is C13H18O3. The fraction of sp³-hybridized carbons (Fsp3) is 0.462. The highest BCUT2D eigenvalue weighted by molar-refractivity contribution is 5.76. The van der Waals surface area contributed by atoms with Crippen LogP contribution in [0.3, 0.4) is 0 Å². The van der Waals surface area contributed by atoms with E-state index in [9.17, 15) is 4.79 Å². The first-order valence-corrected chi connectivity index (χ1v) is 5.52. The monoisotopic (exact) mass is 222 g/mol. The summed E-state index contributed by atoms with van der Waals surface area (Å²) in [5.41, 5.74) is 0.829. The van der Waals surface area contributed by atoms with E-state index in [2.05, 4.69) is 0 Å². The SMILES string of the molecule is CCOC(C(=O)OC(C)C)c1ccccc1. The van der Waals surface area contributed by atoms with E-state index in [1.165, 1.54) is 0 Å². The molecule has 0 aromatic heterocycles. The molecular weight excluding hydrogens is 204 g/mol. The van der Waals surface area contributed by atoms with Gasteiger partial charge in [-0.25, -0.2) is 4.79 Å². The van der Waals surface area contributed by atoms with Crippen LogP contribution in [0.15, 0.2) is 30.3 Å². The Hall–Kier alpha value is -1.35. The Morgan fingerprint density at radius 3 is 2.38 bits per heavy atom. The first-order chi connectivity index (χ1) is 7.65. The summed E-state index contributed by atoms with van der Waals surface area (Å²) in [6.07, 6.45) is -0.743. The van der Waals surface area contributed by atoms with Crippen molar-refractivity contribution in [1.29, 1.82) is 0 Å². The fourth-order valence-corrected chi connectivity index (χ4v) is 1.39. The smallest absolute Gasteiger partial charge is 0.340 e. The summed E-state index contributed by atoms with van der Waals surface area (Å²) in [5, 5.41) is 0. The van der Waals surface area contributed by atoms with Gasteiger partial charge in [-0.15, -0.1) is 0 Å². The molecule has 0 N–H and O–H groups in total. The molecule has 0 spiro atoms. The van der Waals surface area contributed by atoms with Crippen LogP contribution in [-0.2, 0) is 14.3 Å². The average Bonchev–Trinajstić information content (AvgIpc) is 2.26. The lowest BCUT2D eigenvalue weighted by molar-refractivity contribution is -0.161. The van der Waals surface area contributed by atoms with E-state index in [0.717, 1.165) is 5.56 Å². The van der Waals surface area contributed by atoms with Gasteiger partial charge < -0.3 is 9.47 Å².